The molecule has 0 fully saturated rings. The molecule has 0 bridgehead atoms. The second-order valence-electron chi connectivity index (χ2n) is 5.53. The molecule has 22 heavy (non-hydrogen) atoms. The first-order valence-corrected chi connectivity index (χ1v) is 7.63. The molecular formula is C15H20Cl2N2O3. The molecule has 5 nitrogen and oxygen atoms in total. The summed E-state index contributed by atoms with van der Waals surface area (Å²) in [4.78, 5) is 25.6. The number of benzene rings is 1. The zero-order valence-corrected chi connectivity index (χ0v) is 14.3. The van der Waals surface area contributed by atoms with E-state index in [0.717, 1.165) is 0 Å². The molecule has 0 saturated heterocycles. The SMILES string of the molecule is CCN(CC(C)(C)O)C(=O)CNC(=O)c1ccc(Cl)cc1Cl. The fourth-order valence-corrected chi connectivity index (χ4v) is 2.37. The monoisotopic (exact) mass is 346 g/mol. The predicted molar refractivity (Wildman–Crippen MR) is 87.3 cm³/mol. The molecule has 122 valence electrons. The van der Waals surface area contributed by atoms with Crippen LogP contribution in [-0.2, 0) is 4.79 Å². The Morgan fingerprint density at radius 2 is 1.95 bits per heavy atom. The molecule has 0 radical (unpaired) electrons. The van der Waals surface area contributed by atoms with Crippen molar-refractivity contribution in [2.24, 2.45) is 0 Å². The normalized spacial score (nSPS) is 11.2. The second kappa shape index (κ2) is 7.81. The molecule has 1 rings (SSSR count). The summed E-state index contributed by atoms with van der Waals surface area (Å²) in [6.07, 6.45) is 0. The van der Waals surface area contributed by atoms with Crippen LogP contribution in [0, 0.1) is 0 Å². The van der Waals surface area contributed by atoms with Gasteiger partial charge in [0.2, 0.25) is 5.91 Å². The maximum atomic E-state index is 12.1. The highest BCUT2D eigenvalue weighted by Crippen LogP contribution is 2.20. The van der Waals surface area contributed by atoms with E-state index in [0.29, 0.717) is 11.6 Å². The number of aliphatic hydroxyl groups is 1. The van der Waals surface area contributed by atoms with Crippen LogP contribution in [0.5, 0.6) is 0 Å². The first kappa shape index (κ1) is 18.7. The number of hydrogen-bond donors (Lipinski definition) is 2. The maximum absolute atomic E-state index is 12.1. The van der Waals surface area contributed by atoms with Crippen molar-refractivity contribution in [3.63, 3.8) is 0 Å². The van der Waals surface area contributed by atoms with Crippen molar-refractivity contribution in [2.45, 2.75) is 26.4 Å². The van der Waals surface area contributed by atoms with Crippen LogP contribution in [0.15, 0.2) is 18.2 Å². The van der Waals surface area contributed by atoms with Crippen LogP contribution in [0.2, 0.25) is 10.0 Å². The van der Waals surface area contributed by atoms with E-state index in [-0.39, 0.29) is 29.6 Å². The van der Waals surface area contributed by atoms with E-state index in [1.165, 1.54) is 17.0 Å². The van der Waals surface area contributed by atoms with Crippen LogP contribution in [-0.4, -0.2) is 47.1 Å². The molecule has 0 spiro atoms. The number of carbonyl (C=O) groups is 2. The van der Waals surface area contributed by atoms with Gasteiger partial charge in [-0.2, -0.15) is 0 Å². The van der Waals surface area contributed by atoms with Crippen molar-refractivity contribution in [2.75, 3.05) is 19.6 Å². The standard InChI is InChI=1S/C15H20Cl2N2O3/c1-4-19(9-15(2,3)22)13(20)8-18-14(21)11-6-5-10(16)7-12(11)17/h5-7,22H,4,8-9H2,1-3H3,(H,18,21). The number of halogens is 2. The Kier molecular flexibility index (Phi) is 6.66. The lowest BCUT2D eigenvalue weighted by Gasteiger charge is -2.28. The Bertz CT molecular complexity index is 556. The van der Waals surface area contributed by atoms with Gasteiger partial charge in [0, 0.05) is 18.1 Å². The highest BCUT2D eigenvalue weighted by molar-refractivity contribution is 6.36. The van der Waals surface area contributed by atoms with Gasteiger partial charge in [-0.25, -0.2) is 0 Å². The van der Waals surface area contributed by atoms with E-state index >= 15 is 0 Å². The minimum absolute atomic E-state index is 0.165. The van der Waals surface area contributed by atoms with Gasteiger partial charge in [0.1, 0.15) is 0 Å². The van der Waals surface area contributed by atoms with E-state index in [9.17, 15) is 14.7 Å². The second-order valence-corrected chi connectivity index (χ2v) is 6.37. The Labute approximate surface area is 140 Å². The molecule has 0 aromatic heterocycles. The Morgan fingerprint density at radius 3 is 2.45 bits per heavy atom. The number of rotatable bonds is 6. The van der Waals surface area contributed by atoms with Crippen molar-refractivity contribution in [1.82, 2.24) is 10.2 Å². The summed E-state index contributed by atoms with van der Waals surface area (Å²) in [5.74, 6) is -0.725. The summed E-state index contributed by atoms with van der Waals surface area (Å²) in [6.45, 7) is 5.52. The van der Waals surface area contributed by atoms with Crippen LogP contribution in [0.4, 0.5) is 0 Å². The molecule has 0 aliphatic rings. The van der Waals surface area contributed by atoms with Gasteiger partial charge in [-0.3, -0.25) is 9.59 Å². The van der Waals surface area contributed by atoms with Crippen LogP contribution >= 0.6 is 23.2 Å². The summed E-state index contributed by atoms with van der Waals surface area (Å²) in [5, 5.41) is 12.9. The van der Waals surface area contributed by atoms with Gasteiger partial charge in [0.25, 0.3) is 5.91 Å². The van der Waals surface area contributed by atoms with Crippen LogP contribution in [0.3, 0.4) is 0 Å². The number of likely N-dealkylation sites (N-methyl/N-ethyl adjacent to an activating group) is 1. The quantitative estimate of drug-likeness (QED) is 0.830. The molecule has 0 aliphatic carbocycles. The zero-order valence-electron chi connectivity index (χ0n) is 12.8. The van der Waals surface area contributed by atoms with Gasteiger partial charge in [0.15, 0.2) is 0 Å². The first-order chi connectivity index (χ1) is 10.1. The van der Waals surface area contributed by atoms with Gasteiger partial charge < -0.3 is 15.3 Å². The zero-order chi connectivity index (χ0) is 16.9. The lowest BCUT2D eigenvalue weighted by atomic mass is 10.1. The lowest BCUT2D eigenvalue weighted by Crippen LogP contribution is -2.46. The van der Waals surface area contributed by atoms with Gasteiger partial charge in [-0.1, -0.05) is 23.2 Å². The Balaban J connectivity index is 2.64. The summed E-state index contributed by atoms with van der Waals surface area (Å²) < 4.78 is 0. The van der Waals surface area contributed by atoms with Crippen LogP contribution in [0.25, 0.3) is 0 Å². The van der Waals surface area contributed by atoms with Crippen molar-refractivity contribution in [3.8, 4) is 0 Å². The lowest BCUT2D eigenvalue weighted by molar-refractivity contribution is -0.132. The van der Waals surface area contributed by atoms with E-state index in [1.807, 2.05) is 6.92 Å². The third-order valence-electron chi connectivity index (χ3n) is 2.89. The van der Waals surface area contributed by atoms with E-state index < -0.39 is 11.5 Å². The highest BCUT2D eigenvalue weighted by Gasteiger charge is 2.21. The molecule has 1 aromatic rings. The minimum atomic E-state index is -0.991. The number of carbonyl (C=O) groups excluding carboxylic acids is 2. The fourth-order valence-electron chi connectivity index (χ4n) is 1.88. The van der Waals surface area contributed by atoms with Crippen molar-refractivity contribution in [3.05, 3.63) is 33.8 Å². The predicted octanol–water partition coefficient (Wildman–Crippen LogP) is 2.34. The smallest absolute Gasteiger partial charge is 0.253 e. The number of nitrogens with zero attached hydrogens (tertiary/aromatic N) is 1. The Morgan fingerprint density at radius 1 is 1.32 bits per heavy atom. The molecule has 2 N–H and O–H groups in total. The van der Waals surface area contributed by atoms with E-state index in [4.69, 9.17) is 23.2 Å². The van der Waals surface area contributed by atoms with E-state index in [2.05, 4.69) is 5.32 Å². The Hall–Kier alpha value is -1.30. The molecular weight excluding hydrogens is 327 g/mol. The molecule has 0 aliphatic heterocycles. The first-order valence-electron chi connectivity index (χ1n) is 6.87. The number of amides is 2. The summed E-state index contributed by atoms with van der Waals surface area (Å²) in [5.41, 5.74) is -0.737. The molecule has 0 atom stereocenters. The number of hydrogen-bond acceptors (Lipinski definition) is 3. The van der Waals surface area contributed by atoms with Crippen molar-refractivity contribution in [1.29, 1.82) is 0 Å². The summed E-state index contributed by atoms with van der Waals surface area (Å²) in [7, 11) is 0. The van der Waals surface area contributed by atoms with Gasteiger partial charge >= 0.3 is 0 Å². The molecule has 0 unspecified atom stereocenters. The average molecular weight is 347 g/mol. The molecule has 2 amide bonds. The van der Waals surface area contributed by atoms with Gasteiger partial charge in [-0.05, 0) is 39.0 Å². The largest absolute Gasteiger partial charge is 0.389 e. The van der Waals surface area contributed by atoms with Gasteiger partial charge in [-0.15, -0.1) is 0 Å². The third-order valence-corrected chi connectivity index (χ3v) is 3.44. The molecule has 0 saturated carbocycles. The topological polar surface area (TPSA) is 69.6 Å². The average Bonchev–Trinajstić information content (AvgIpc) is 2.40. The summed E-state index contributed by atoms with van der Waals surface area (Å²) in [6, 6.07) is 4.52. The molecule has 0 heterocycles. The molecule has 1 aromatic carbocycles. The van der Waals surface area contributed by atoms with Crippen molar-refractivity contribution >= 4 is 35.0 Å². The van der Waals surface area contributed by atoms with Crippen LogP contribution in [0.1, 0.15) is 31.1 Å². The van der Waals surface area contributed by atoms with Gasteiger partial charge in [0.05, 0.1) is 22.7 Å². The highest BCUT2D eigenvalue weighted by atomic mass is 35.5. The molecule has 7 heteroatoms. The maximum Gasteiger partial charge on any atom is 0.253 e. The van der Waals surface area contributed by atoms with Crippen LogP contribution < -0.4 is 5.32 Å². The van der Waals surface area contributed by atoms with Crippen molar-refractivity contribution < 1.29 is 14.7 Å². The summed E-state index contributed by atoms with van der Waals surface area (Å²) >= 11 is 11.7. The minimum Gasteiger partial charge on any atom is -0.389 e. The third kappa shape index (κ3) is 5.83. The fraction of sp³-hybridized carbons (Fsp3) is 0.467. The van der Waals surface area contributed by atoms with E-state index in [1.54, 1.807) is 19.9 Å². The number of nitrogens with one attached hydrogen (secondary N) is 1.